The minimum atomic E-state index is -0.285. The maximum atomic E-state index is 6.33. The standard InChI is InChI=1S/C16H18Cl2N2/c1-9-7-11(17)3-5-13(9)15(19)16(20)14-6-4-12(18)8-10(14)2/h3-8,15-16H,19-20H2,1-2H3. The minimum Gasteiger partial charge on any atom is -0.322 e. The number of hydrogen-bond donors (Lipinski definition) is 2. The van der Waals surface area contributed by atoms with E-state index in [-0.39, 0.29) is 12.1 Å². The van der Waals surface area contributed by atoms with Crippen LogP contribution in [-0.2, 0) is 0 Å². The summed E-state index contributed by atoms with van der Waals surface area (Å²) in [6.07, 6.45) is 0. The number of rotatable bonds is 3. The number of hydrogen-bond acceptors (Lipinski definition) is 2. The molecule has 0 bridgehead atoms. The van der Waals surface area contributed by atoms with Gasteiger partial charge in [-0.25, -0.2) is 0 Å². The SMILES string of the molecule is Cc1cc(Cl)ccc1C(N)C(N)c1ccc(Cl)cc1C. The minimum absolute atomic E-state index is 0.285. The molecule has 0 aliphatic rings. The van der Waals surface area contributed by atoms with Gasteiger partial charge in [-0.2, -0.15) is 0 Å². The maximum Gasteiger partial charge on any atom is 0.0493 e. The van der Waals surface area contributed by atoms with Crippen molar-refractivity contribution in [2.45, 2.75) is 25.9 Å². The Morgan fingerprint density at radius 1 is 0.750 bits per heavy atom. The molecular weight excluding hydrogens is 291 g/mol. The average molecular weight is 309 g/mol. The van der Waals surface area contributed by atoms with Gasteiger partial charge in [0.1, 0.15) is 0 Å². The largest absolute Gasteiger partial charge is 0.322 e. The third-order valence-electron chi connectivity index (χ3n) is 3.57. The van der Waals surface area contributed by atoms with Crippen molar-refractivity contribution in [1.82, 2.24) is 0 Å². The second-order valence-electron chi connectivity index (χ2n) is 5.05. The van der Waals surface area contributed by atoms with Crippen LogP contribution in [0.4, 0.5) is 0 Å². The summed E-state index contributed by atoms with van der Waals surface area (Å²) in [5, 5.41) is 1.41. The molecule has 0 spiro atoms. The van der Waals surface area contributed by atoms with Crippen molar-refractivity contribution in [3.63, 3.8) is 0 Å². The van der Waals surface area contributed by atoms with Gasteiger partial charge in [0.2, 0.25) is 0 Å². The van der Waals surface area contributed by atoms with E-state index in [1.54, 1.807) is 0 Å². The van der Waals surface area contributed by atoms with Crippen LogP contribution in [0.1, 0.15) is 34.3 Å². The van der Waals surface area contributed by atoms with E-state index in [1.165, 1.54) is 0 Å². The molecule has 0 heterocycles. The maximum absolute atomic E-state index is 6.33. The highest BCUT2D eigenvalue weighted by molar-refractivity contribution is 6.30. The van der Waals surface area contributed by atoms with Crippen LogP contribution < -0.4 is 11.5 Å². The van der Waals surface area contributed by atoms with Gasteiger partial charge in [-0.3, -0.25) is 0 Å². The van der Waals surface area contributed by atoms with Gasteiger partial charge in [-0.1, -0.05) is 35.3 Å². The van der Waals surface area contributed by atoms with Gasteiger partial charge in [0.15, 0.2) is 0 Å². The molecule has 20 heavy (non-hydrogen) atoms. The average Bonchev–Trinajstić information content (AvgIpc) is 2.37. The van der Waals surface area contributed by atoms with Crippen molar-refractivity contribution in [3.8, 4) is 0 Å². The number of benzene rings is 2. The van der Waals surface area contributed by atoms with E-state index in [2.05, 4.69) is 0 Å². The van der Waals surface area contributed by atoms with Crippen molar-refractivity contribution in [3.05, 3.63) is 68.7 Å². The zero-order valence-corrected chi connectivity index (χ0v) is 13.0. The molecule has 0 fully saturated rings. The summed E-state index contributed by atoms with van der Waals surface area (Å²) >= 11 is 11.9. The molecule has 0 saturated carbocycles. The van der Waals surface area contributed by atoms with Crippen molar-refractivity contribution in [2.24, 2.45) is 11.5 Å². The molecule has 2 aromatic carbocycles. The third kappa shape index (κ3) is 3.15. The highest BCUT2D eigenvalue weighted by Gasteiger charge is 2.20. The van der Waals surface area contributed by atoms with Gasteiger partial charge in [-0.05, 0) is 60.4 Å². The smallest absolute Gasteiger partial charge is 0.0493 e. The number of aryl methyl sites for hydroxylation is 2. The Balaban J connectivity index is 2.34. The van der Waals surface area contributed by atoms with Crippen LogP contribution in [0.5, 0.6) is 0 Å². The molecule has 0 aliphatic carbocycles. The summed E-state index contributed by atoms with van der Waals surface area (Å²) in [7, 11) is 0. The lowest BCUT2D eigenvalue weighted by molar-refractivity contribution is 0.569. The Bertz CT molecular complexity index is 570. The molecule has 0 radical (unpaired) electrons. The lowest BCUT2D eigenvalue weighted by atomic mass is 9.90. The van der Waals surface area contributed by atoms with Gasteiger partial charge >= 0.3 is 0 Å². The molecule has 4 N–H and O–H groups in total. The van der Waals surface area contributed by atoms with Crippen LogP contribution >= 0.6 is 23.2 Å². The van der Waals surface area contributed by atoms with Crippen molar-refractivity contribution in [2.75, 3.05) is 0 Å². The summed E-state index contributed by atoms with van der Waals surface area (Å²) in [6.45, 7) is 3.98. The fourth-order valence-corrected chi connectivity index (χ4v) is 2.87. The van der Waals surface area contributed by atoms with Crippen LogP contribution in [-0.4, -0.2) is 0 Å². The molecule has 2 atom stereocenters. The van der Waals surface area contributed by atoms with Crippen LogP contribution in [0, 0.1) is 13.8 Å². The van der Waals surface area contributed by atoms with Gasteiger partial charge in [-0.15, -0.1) is 0 Å². The van der Waals surface area contributed by atoms with E-state index < -0.39 is 0 Å². The Hall–Kier alpha value is -1.06. The topological polar surface area (TPSA) is 52.0 Å². The molecule has 106 valence electrons. The summed E-state index contributed by atoms with van der Waals surface area (Å²) < 4.78 is 0. The highest BCUT2D eigenvalue weighted by Crippen LogP contribution is 2.30. The fourth-order valence-electron chi connectivity index (χ4n) is 2.41. The van der Waals surface area contributed by atoms with Crippen LogP contribution in [0.15, 0.2) is 36.4 Å². The van der Waals surface area contributed by atoms with Gasteiger partial charge < -0.3 is 11.5 Å². The predicted octanol–water partition coefficient (Wildman–Crippen LogP) is 4.31. The zero-order valence-electron chi connectivity index (χ0n) is 11.5. The number of halogens is 2. The molecule has 0 aliphatic heterocycles. The molecule has 4 heteroatoms. The van der Waals surface area contributed by atoms with Crippen LogP contribution in [0.3, 0.4) is 0 Å². The zero-order chi connectivity index (χ0) is 14.9. The predicted molar refractivity (Wildman–Crippen MR) is 86.2 cm³/mol. The lowest BCUT2D eigenvalue weighted by Gasteiger charge is -2.24. The van der Waals surface area contributed by atoms with Crippen molar-refractivity contribution in [1.29, 1.82) is 0 Å². The second kappa shape index (κ2) is 6.15. The third-order valence-corrected chi connectivity index (χ3v) is 4.04. The first-order valence-electron chi connectivity index (χ1n) is 6.43. The van der Waals surface area contributed by atoms with E-state index in [4.69, 9.17) is 34.7 Å². The molecule has 0 amide bonds. The Kier molecular flexibility index (Phi) is 4.71. The van der Waals surface area contributed by atoms with Gasteiger partial charge in [0, 0.05) is 22.1 Å². The van der Waals surface area contributed by atoms with Crippen LogP contribution in [0.2, 0.25) is 10.0 Å². The summed E-state index contributed by atoms with van der Waals surface area (Å²) in [5.74, 6) is 0. The summed E-state index contributed by atoms with van der Waals surface area (Å²) in [4.78, 5) is 0. The first kappa shape index (κ1) is 15.3. The summed E-state index contributed by atoms with van der Waals surface area (Å²) in [6, 6.07) is 10.8. The Morgan fingerprint density at radius 2 is 1.10 bits per heavy atom. The Morgan fingerprint density at radius 3 is 1.40 bits per heavy atom. The molecule has 2 aromatic rings. The molecular formula is C16H18Cl2N2. The van der Waals surface area contributed by atoms with E-state index in [1.807, 2.05) is 50.2 Å². The van der Waals surface area contributed by atoms with Crippen molar-refractivity contribution < 1.29 is 0 Å². The van der Waals surface area contributed by atoms with Gasteiger partial charge in [0.05, 0.1) is 0 Å². The second-order valence-corrected chi connectivity index (χ2v) is 5.93. The molecule has 2 rings (SSSR count). The lowest BCUT2D eigenvalue weighted by Crippen LogP contribution is -2.27. The first-order valence-corrected chi connectivity index (χ1v) is 7.19. The highest BCUT2D eigenvalue weighted by atomic mass is 35.5. The monoisotopic (exact) mass is 308 g/mol. The summed E-state index contributed by atoms with van der Waals surface area (Å²) in [5.41, 5.74) is 16.8. The van der Waals surface area contributed by atoms with E-state index in [0.717, 1.165) is 22.3 Å². The fraction of sp³-hybridized carbons (Fsp3) is 0.250. The molecule has 2 unspecified atom stereocenters. The van der Waals surface area contributed by atoms with E-state index in [0.29, 0.717) is 10.0 Å². The van der Waals surface area contributed by atoms with E-state index in [9.17, 15) is 0 Å². The van der Waals surface area contributed by atoms with Crippen molar-refractivity contribution >= 4 is 23.2 Å². The normalized spacial score (nSPS) is 14.1. The van der Waals surface area contributed by atoms with Crippen LogP contribution in [0.25, 0.3) is 0 Å². The quantitative estimate of drug-likeness (QED) is 0.887. The van der Waals surface area contributed by atoms with Gasteiger partial charge in [0.25, 0.3) is 0 Å². The Labute approximate surface area is 129 Å². The number of nitrogens with two attached hydrogens (primary N) is 2. The molecule has 0 aromatic heterocycles. The first-order chi connectivity index (χ1) is 9.40. The molecule has 0 saturated heterocycles. The molecule has 2 nitrogen and oxygen atoms in total. The van der Waals surface area contributed by atoms with E-state index >= 15 is 0 Å².